The van der Waals surface area contributed by atoms with Gasteiger partial charge in [0.15, 0.2) is 0 Å². The zero-order chi connectivity index (χ0) is 14.6. The molecule has 0 saturated carbocycles. The van der Waals surface area contributed by atoms with E-state index in [1.54, 1.807) is 43.1 Å². The van der Waals surface area contributed by atoms with E-state index < -0.39 is 5.60 Å². The zero-order valence-corrected chi connectivity index (χ0v) is 12.5. The fourth-order valence-electron chi connectivity index (χ4n) is 2.17. The van der Waals surface area contributed by atoms with Gasteiger partial charge in [0.05, 0.1) is 11.1 Å². The molecule has 0 aliphatic rings. The lowest BCUT2D eigenvalue weighted by Crippen LogP contribution is -2.39. The summed E-state index contributed by atoms with van der Waals surface area (Å²) in [6.07, 6.45) is 3.63. The van der Waals surface area contributed by atoms with Crippen molar-refractivity contribution in [2.45, 2.75) is 19.1 Å². The van der Waals surface area contributed by atoms with Gasteiger partial charge in [-0.3, -0.25) is 4.98 Å². The highest BCUT2D eigenvalue weighted by Crippen LogP contribution is 2.19. The Hall–Kier alpha value is -1.17. The highest BCUT2D eigenvalue weighted by atomic mass is 32.2. The van der Waals surface area contributed by atoms with E-state index in [2.05, 4.69) is 10.3 Å². The Morgan fingerprint density at radius 1 is 1.40 bits per heavy atom. The predicted molar refractivity (Wildman–Crippen MR) is 82.4 cm³/mol. The normalized spacial score (nSPS) is 14.4. The van der Waals surface area contributed by atoms with Gasteiger partial charge in [-0.05, 0) is 36.9 Å². The van der Waals surface area contributed by atoms with Crippen LogP contribution in [0.5, 0.6) is 0 Å². The van der Waals surface area contributed by atoms with Gasteiger partial charge in [-0.25, -0.2) is 4.39 Å². The topological polar surface area (TPSA) is 45.1 Å². The highest BCUT2D eigenvalue weighted by molar-refractivity contribution is 7.98. The van der Waals surface area contributed by atoms with Crippen molar-refractivity contribution in [1.29, 1.82) is 0 Å². The number of hydrogen-bond acceptors (Lipinski definition) is 4. The van der Waals surface area contributed by atoms with E-state index in [0.717, 1.165) is 5.56 Å². The molecule has 1 aromatic heterocycles. The fraction of sp³-hybridized carbons (Fsp3) is 0.400. The first kappa shape index (κ1) is 15.2. The summed E-state index contributed by atoms with van der Waals surface area (Å²) in [4.78, 5) is 4.25. The van der Waals surface area contributed by atoms with Crippen molar-refractivity contribution < 1.29 is 9.50 Å². The smallest absolute Gasteiger partial charge is 0.132 e. The molecule has 20 heavy (non-hydrogen) atoms. The Morgan fingerprint density at radius 2 is 2.20 bits per heavy atom. The van der Waals surface area contributed by atoms with E-state index in [1.165, 1.54) is 6.07 Å². The molecule has 2 aromatic rings. The number of halogens is 1. The van der Waals surface area contributed by atoms with E-state index in [0.29, 0.717) is 29.7 Å². The Bertz CT molecular complexity index is 589. The number of pyridine rings is 1. The van der Waals surface area contributed by atoms with Crippen LogP contribution in [0.1, 0.15) is 12.5 Å². The summed E-state index contributed by atoms with van der Waals surface area (Å²) in [7, 11) is 0. The van der Waals surface area contributed by atoms with Gasteiger partial charge < -0.3 is 10.4 Å². The molecule has 0 bridgehead atoms. The summed E-state index contributed by atoms with van der Waals surface area (Å²) < 4.78 is 13.7. The number of fused-ring (bicyclic) bond motifs is 1. The van der Waals surface area contributed by atoms with Crippen LogP contribution in [0.4, 0.5) is 4.39 Å². The van der Waals surface area contributed by atoms with E-state index in [4.69, 9.17) is 0 Å². The summed E-state index contributed by atoms with van der Waals surface area (Å²) in [6, 6.07) is 6.65. The van der Waals surface area contributed by atoms with Crippen LogP contribution < -0.4 is 5.32 Å². The maximum absolute atomic E-state index is 13.7. The van der Waals surface area contributed by atoms with Crippen molar-refractivity contribution >= 4 is 22.7 Å². The number of hydrogen-bond donors (Lipinski definition) is 2. The molecule has 5 heteroatoms. The zero-order valence-electron chi connectivity index (χ0n) is 11.7. The molecule has 0 radical (unpaired) electrons. The molecular formula is C15H19FN2OS. The first-order valence-corrected chi connectivity index (χ1v) is 7.87. The number of benzene rings is 1. The van der Waals surface area contributed by atoms with E-state index in [1.807, 2.05) is 6.26 Å². The summed E-state index contributed by atoms with van der Waals surface area (Å²) in [5, 5.41) is 13.8. The summed E-state index contributed by atoms with van der Waals surface area (Å²) >= 11 is 1.61. The molecule has 1 aromatic carbocycles. The summed E-state index contributed by atoms with van der Waals surface area (Å²) in [5.41, 5.74) is 0.856. The first-order valence-electron chi connectivity index (χ1n) is 6.48. The second-order valence-corrected chi connectivity index (χ2v) is 6.01. The Kier molecular flexibility index (Phi) is 4.96. The van der Waals surface area contributed by atoms with Crippen LogP contribution in [0.15, 0.2) is 30.5 Å². The molecule has 1 unspecified atom stereocenters. The third-order valence-corrected chi connectivity index (χ3v) is 3.99. The second-order valence-electron chi connectivity index (χ2n) is 5.14. The van der Waals surface area contributed by atoms with Crippen LogP contribution in [0.2, 0.25) is 0 Å². The fourth-order valence-corrected chi connectivity index (χ4v) is 2.89. The predicted octanol–water partition coefficient (Wildman–Crippen LogP) is 2.58. The lowest BCUT2D eigenvalue weighted by atomic mass is 10.1. The van der Waals surface area contributed by atoms with Crippen molar-refractivity contribution in [2.75, 3.05) is 18.6 Å². The molecule has 0 spiro atoms. The summed E-state index contributed by atoms with van der Waals surface area (Å²) in [6.45, 7) is 2.84. The van der Waals surface area contributed by atoms with Crippen molar-refractivity contribution in [2.24, 2.45) is 0 Å². The lowest BCUT2D eigenvalue weighted by molar-refractivity contribution is 0.0846. The van der Waals surface area contributed by atoms with Crippen molar-refractivity contribution in [3.8, 4) is 0 Å². The van der Waals surface area contributed by atoms with Gasteiger partial charge in [0.25, 0.3) is 0 Å². The van der Waals surface area contributed by atoms with Gasteiger partial charge in [-0.2, -0.15) is 11.8 Å². The SMILES string of the molecule is CSCC(C)(O)CNCc1ccc(F)c2cccnc12. The van der Waals surface area contributed by atoms with Crippen LogP contribution in [-0.2, 0) is 6.54 Å². The van der Waals surface area contributed by atoms with Gasteiger partial charge in [-0.15, -0.1) is 0 Å². The molecule has 108 valence electrons. The number of rotatable bonds is 6. The third kappa shape index (κ3) is 3.69. The Labute approximate surface area is 122 Å². The number of aliphatic hydroxyl groups is 1. The largest absolute Gasteiger partial charge is 0.388 e. The molecule has 1 heterocycles. The number of nitrogens with zero attached hydrogens (tertiary/aromatic N) is 1. The highest BCUT2D eigenvalue weighted by Gasteiger charge is 2.18. The van der Waals surface area contributed by atoms with Gasteiger partial charge in [0, 0.05) is 30.4 Å². The minimum absolute atomic E-state index is 0.258. The van der Waals surface area contributed by atoms with E-state index in [9.17, 15) is 9.50 Å². The molecule has 0 aliphatic heterocycles. The molecule has 0 saturated heterocycles. The van der Waals surface area contributed by atoms with Crippen LogP contribution in [-0.4, -0.2) is 34.2 Å². The molecule has 0 amide bonds. The molecule has 1 atom stereocenters. The molecule has 0 fully saturated rings. The molecule has 2 rings (SSSR count). The van der Waals surface area contributed by atoms with Crippen LogP contribution in [0.3, 0.4) is 0 Å². The minimum Gasteiger partial charge on any atom is -0.388 e. The standard InChI is InChI=1S/C15H19FN2OS/c1-15(19,10-20-2)9-17-8-11-5-6-13(16)12-4-3-7-18-14(11)12/h3-7,17,19H,8-10H2,1-2H3. The van der Waals surface area contributed by atoms with Crippen molar-refractivity contribution in [3.05, 3.63) is 41.8 Å². The average Bonchev–Trinajstić information content (AvgIpc) is 2.41. The van der Waals surface area contributed by atoms with Crippen LogP contribution >= 0.6 is 11.8 Å². The lowest BCUT2D eigenvalue weighted by Gasteiger charge is -2.22. The third-order valence-electron chi connectivity index (χ3n) is 3.08. The van der Waals surface area contributed by atoms with Gasteiger partial charge in [0.2, 0.25) is 0 Å². The number of thioether (sulfide) groups is 1. The maximum atomic E-state index is 13.7. The average molecular weight is 294 g/mol. The van der Waals surface area contributed by atoms with E-state index in [-0.39, 0.29) is 5.82 Å². The Morgan fingerprint density at radius 3 is 2.95 bits per heavy atom. The summed E-state index contributed by atoms with van der Waals surface area (Å²) in [5.74, 6) is 0.411. The van der Waals surface area contributed by atoms with Gasteiger partial charge >= 0.3 is 0 Å². The number of aromatic nitrogens is 1. The molecule has 3 nitrogen and oxygen atoms in total. The maximum Gasteiger partial charge on any atom is 0.132 e. The van der Waals surface area contributed by atoms with Crippen LogP contribution in [0, 0.1) is 5.82 Å². The molecular weight excluding hydrogens is 275 g/mol. The second kappa shape index (κ2) is 6.52. The minimum atomic E-state index is -0.747. The van der Waals surface area contributed by atoms with Gasteiger partial charge in [-0.1, -0.05) is 6.07 Å². The van der Waals surface area contributed by atoms with Crippen LogP contribution in [0.25, 0.3) is 10.9 Å². The number of nitrogens with one attached hydrogen (secondary N) is 1. The first-order chi connectivity index (χ1) is 9.53. The van der Waals surface area contributed by atoms with Gasteiger partial charge in [0.1, 0.15) is 5.82 Å². The van der Waals surface area contributed by atoms with E-state index >= 15 is 0 Å². The van der Waals surface area contributed by atoms with Crippen molar-refractivity contribution in [1.82, 2.24) is 10.3 Å². The molecule has 2 N–H and O–H groups in total. The monoisotopic (exact) mass is 294 g/mol. The van der Waals surface area contributed by atoms with Crippen molar-refractivity contribution in [3.63, 3.8) is 0 Å². The molecule has 0 aliphatic carbocycles. The Balaban J connectivity index is 2.09. The quantitative estimate of drug-likeness (QED) is 0.859.